The van der Waals surface area contributed by atoms with E-state index in [1.807, 2.05) is 61.5 Å². The van der Waals surface area contributed by atoms with Crippen LogP contribution in [0.1, 0.15) is 16.7 Å². The SMILES string of the molecule is Cc1ccc(CN(CC(=O)N2C[C@@H](C(=O)NCc3ccccc3)Oc3ccccc32)S(=O)(=O)c2ccc(Cl)cc2)cc1. The fourth-order valence-electron chi connectivity index (χ4n) is 4.62. The van der Waals surface area contributed by atoms with Gasteiger partial charge in [-0.05, 0) is 54.4 Å². The predicted molar refractivity (Wildman–Crippen MR) is 162 cm³/mol. The van der Waals surface area contributed by atoms with Crippen molar-refractivity contribution in [1.29, 1.82) is 0 Å². The number of fused-ring (bicyclic) bond motifs is 1. The first-order chi connectivity index (χ1) is 20.2. The standard InChI is InChI=1S/C32H30ClN3O5S/c1-23-11-13-25(14-12-23)20-35(42(39,40)27-17-15-26(33)16-18-27)22-31(37)36-21-30(41-29-10-6-5-9-28(29)36)32(38)34-19-24-7-3-2-4-8-24/h2-18,30H,19-22H2,1H3,(H,34,38)/t30-/m0/s1. The summed E-state index contributed by atoms with van der Waals surface area (Å²) in [5.74, 6) is -0.504. The number of halogens is 1. The highest BCUT2D eigenvalue weighted by molar-refractivity contribution is 7.89. The number of amides is 2. The Labute approximate surface area is 250 Å². The summed E-state index contributed by atoms with van der Waals surface area (Å²) in [4.78, 5) is 28.5. The van der Waals surface area contributed by atoms with Gasteiger partial charge in [0.2, 0.25) is 15.9 Å². The van der Waals surface area contributed by atoms with Crippen molar-refractivity contribution in [3.8, 4) is 5.75 Å². The van der Waals surface area contributed by atoms with E-state index in [1.54, 1.807) is 24.3 Å². The first-order valence-corrected chi connectivity index (χ1v) is 15.2. The number of benzene rings is 4. The highest BCUT2D eigenvalue weighted by atomic mass is 35.5. The zero-order valence-corrected chi connectivity index (χ0v) is 24.5. The molecule has 1 aliphatic heterocycles. The van der Waals surface area contributed by atoms with Crippen molar-refractivity contribution in [3.63, 3.8) is 0 Å². The number of rotatable bonds is 9. The van der Waals surface area contributed by atoms with E-state index >= 15 is 0 Å². The zero-order chi connectivity index (χ0) is 29.7. The molecule has 1 heterocycles. The highest BCUT2D eigenvalue weighted by Gasteiger charge is 2.36. The summed E-state index contributed by atoms with van der Waals surface area (Å²) in [6.07, 6.45) is -0.981. The predicted octanol–water partition coefficient (Wildman–Crippen LogP) is 4.95. The number of ether oxygens (including phenoxy) is 1. The number of aryl methyl sites for hydroxylation is 1. The Bertz CT molecular complexity index is 1660. The molecule has 1 N–H and O–H groups in total. The number of anilines is 1. The Morgan fingerprint density at radius 1 is 0.905 bits per heavy atom. The maximum Gasteiger partial charge on any atom is 0.263 e. The molecule has 0 spiro atoms. The largest absolute Gasteiger partial charge is 0.477 e. The lowest BCUT2D eigenvalue weighted by atomic mass is 10.1. The van der Waals surface area contributed by atoms with Gasteiger partial charge in [-0.15, -0.1) is 0 Å². The van der Waals surface area contributed by atoms with Crippen LogP contribution in [0.3, 0.4) is 0 Å². The fraction of sp³-hybridized carbons (Fsp3) is 0.188. The van der Waals surface area contributed by atoms with Gasteiger partial charge >= 0.3 is 0 Å². The molecule has 0 fully saturated rings. The number of hydrogen-bond donors (Lipinski definition) is 1. The van der Waals surface area contributed by atoms with Crippen molar-refractivity contribution >= 4 is 39.1 Å². The van der Waals surface area contributed by atoms with Crippen LogP contribution in [0.4, 0.5) is 5.69 Å². The van der Waals surface area contributed by atoms with Crippen LogP contribution in [0.15, 0.2) is 108 Å². The molecule has 2 amide bonds. The van der Waals surface area contributed by atoms with Gasteiger partial charge in [0.15, 0.2) is 6.10 Å². The van der Waals surface area contributed by atoms with Gasteiger partial charge in [-0.3, -0.25) is 9.59 Å². The molecule has 0 radical (unpaired) electrons. The third-order valence-electron chi connectivity index (χ3n) is 6.92. The number of nitrogens with zero attached hydrogens (tertiary/aromatic N) is 2. The second kappa shape index (κ2) is 12.8. The van der Waals surface area contributed by atoms with E-state index < -0.39 is 28.6 Å². The number of para-hydroxylation sites is 2. The van der Waals surface area contributed by atoms with Crippen molar-refractivity contribution in [2.75, 3.05) is 18.0 Å². The number of nitrogens with one attached hydrogen (secondary N) is 1. The Hall–Kier alpha value is -4.18. The van der Waals surface area contributed by atoms with Crippen LogP contribution in [0, 0.1) is 6.92 Å². The van der Waals surface area contributed by atoms with Gasteiger partial charge in [-0.25, -0.2) is 8.42 Å². The van der Waals surface area contributed by atoms with Gasteiger partial charge in [0.25, 0.3) is 5.91 Å². The molecule has 5 rings (SSSR count). The van der Waals surface area contributed by atoms with Crippen molar-refractivity contribution < 1.29 is 22.7 Å². The van der Waals surface area contributed by atoms with E-state index in [2.05, 4.69) is 5.32 Å². The first kappa shape index (κ1) is 29.3. The summed E-state index contributed by atoms with van der Waals surface area (Å²) in [7, 11) is -4.09. The molecule has 216 valence electrons. The molecule has 4 aromatic carbocycles. The van der Waals surface area contributed by atoms with Gasteiger partial charge in [-0.1, -0.05) is 83.9 Å². The lowest BCUT2D eigenvalue weighted by Crippen LogP contribution is -2.52. The van der Waals surface area contributed by atoms with Crippen LogP contribution in [0.25, 0.3) is 0 Å². The van der Waals surface area contributed by atoms with E-state index in [9.17, 15) is 18.0 Å². The van der Waals surface area contributed by atoms with E-state index in [0.29, 0.717) is 23.0 Å². The van der Waals surface area contributed by atoms with Crippen molar-refractivity contribution in [2.24, 2.45) is 0 Å². The maximum atomic E-state index is 13.9. The van der Waals surface area contributed by atoms with Crippen molar-refractivity contribution in [3.05, 3.63) is 125 Å². The van der Waals surface area contributed by atoms with Crippen LogP contribution in [-0.4, -0.2) is 43.7 Å². The molecular formula is C32H30ClN3O5S. The summed E-state index contributed by atoms with van der Waals surface area (Å²) in [5, 5.41) is 3.27. The van der Waals surface area contributed by atoms with E-state index in [1.165, 1.54) is 29.2 Å². The average Bonchev–Trinajstić information content (AvgIpc) is 3.00. The molecule has 0 unspecified atom stereocenters. The summed E-state index contributed by atoms with van der Waals surface area (Å²) in [6.45, 7) is 1.70. The second-order valence-corrected chi connectivity index (χ2v) is 12.4. The van der Waals surface area contributed by atoms with Crippen LogP contribution in [0.5, 0.6) is 5.75 Å². The highest BCUT2D eigenvalue weighted by Crippen LogP contribution is 2.34. The molecule has 0 saturated carbocycles. The molecule has 8 nitrogen and oxygen atoms in total. The smallest absolute Gasteiger partial charge is 0.263 e. The minimum atomic E-state index is -4.09. The Balaban J connectivity index is 1.40. The van der Waals surface area contributed by atoms with Crippen LogP contribution < -0.4 is 15.0 Å². The molecule has 4 aromatic rings. The molecule has 0 saturated heterocycles. The molecule has 0 aliphatic carbocycles. The summed E-state index contributed by atoms with van der Waals surface area (Å²) in [6, 6.07) is 29.6. The normalized spacial score (nSPS) is 14.6. The first-order valence-electron chi connectivity index (χ1n) is 13.4. The van der Waals surface area contributed by atoms with Crippen molar-refractivity contribution in [1.82, 2.24) is 9.62 Å². The lowest BCUT2D eigenvalue weighted by molar-refractivity contribution is -0.128. The van der Waals surface area contributed by atoms with E-state index in [0.717, 1.165) is 21.0 Å². The second-order valence-electron chi connectivity index (χ2n) is 9.99. The Morgan fingerprint density at radius 2 is 1.57 bits per heavy atom. The monoisotopic (exact) mass is 603 g/mol. The summed E-state index contributed by atoms with van der Waals surface area (Å²) < 4.78 is 34.7. The van der Waals surface area contributed by atoms with Gasteiger partial charge < -0.3 is 15.0 Å². The average molecular weight is 604 g/mol. The number of carbonyl (C=O) groups is 2. The maximum absolute atomic E-state index is 13.9. The van der Waals surface area contributed by atoms with Gasteiger partial charge in [-0.2, -0.15) is 4.31 Å². The minimum Gasteiger partial charge on any atom is -0.477 e. The lowest BCUT2D eigenvalue weighted by Gasteiger charge is -2.35. The molecule has 0 aromatic heterocycles. The molecule has 0 bridgehead atoms. The molecule has 10 heteroatoms. The number of sulfonamides is 1. The van der Waals surface area contributed by atoms with Crippen LogP contribution in [0.2, 0.25) is 5.02 Å². The molecule has 42 heavy (non-hydrogen) atoms. The molecule has 1 aliphatic rings. The van der Waals surface area contributed by atoms with Crippen LogP contribution in [-0.2, 0) is 32.7 Å². The Kier molecular flexibility index (Phi) is 8.91. The number of hydrogen-bond acceptors (Lipinski definition) is 5. The third-order valence-corrected chi connectivity index (χ3v) is 8.98. The molecule has 1 atom stereocenters. The van der Waals surface area contributed by atoms with Crippen LogP contribution >= 0.6 is 11.6 Å². The van der Waals surface area contributed by atoms with Crippen molar-refractivity contribution in [2.45, 2.75) is 31.0 Å². The van der Waals surface area contributed by atoms with Gasteiger partial charge in [0.1, 0.15) is 5.75 Å². The summed E-state index contributed by atoms with van der Waals surface area (Å²) >= 11 is 6.00. The molecular weight excluding hydrogens is 574 g/mol. The third kappa shape index (κ3) is 6.82. The fourth-order valence-corrected chi connectivity index (χ4v) is 6.12. The minimum absolute atomic E-state index is 0.0207. The number of carbonyl (C=O) groups excluding carboxylic acids is 2. The quantitative estimate of drug-likeness (QED) is 0.292. The van der Waals surface area contributed by atoms with E-state index in [4.69, 9.17) is 16.3 Å². The topological polar surface area (TPSA) is 96.0 Å². The Morgan fingerprint density at radius 3 is 2.29 bits per heavy atom. The van der Waals surface area contributed by atoms with E-state index in [-0.39, 0.29) is 23.9 Å². The van der Waals surface area contributed by atoms with Gasteiger partial charge in [0, 0.05) is 18.1 Å². The van der Waals surface area contributed by atoms with Gasteiger partial charge in [0.05, 0.1) is 23.7 Å². The summed E-state index contributed by atoms with van der Waals surface area (Å²) in [5.41, 5.74) is 3.15. The zero-order valence-electron chi connectivity index (χ0n) is 22.9.